The molecule has 3 nitrogen and oxygen atoms in total. The van der Waals surface area contributed by atoms with Gasteiger partial charge in [-0.1, -0.05) is 31.2 Å². The number of carbonyl (C=O) groups is 1. The second-order valence-electron chi connectivity index (χ2n) is 4.84. The van der Waals surface area contributed by atoms with E-state index in [2.05, 4.69) is 12.2 Å². The van der Waals surface area contributed by atoms with E-state index in [1.54, 1.807) is 0 Å². The lowest BCUT2D eigenvalue weighted by atomic mass is 10.1. The molecule has 0 saturated heterocycles. The van der Waals surface area contributed by atoms with Crippen LogP contribution < -0.4 is 11.1 Å². The SMILES string of the molecule is CCc1ccc(NC(=O)CCc2cccc(N)c2)cc1. The highest BCUT2D eigenvalue weighted by molar-refractivity contribution is 5.90. The quantitative estimate of drug-likeness (QED) is 0.816. The van der Waals surface area contributed by atoms with Crippen LogP contribution in [0.5, 0.6) is 0 Å². The van der Waals surface area contributed by atoms with Crippen molar-refractivity contribution in [3.8, 4) is 0 Å². The van der Waals surface area contributed by atoms with Gasteiger partial charge in [0.2, 0.25) is 5.91 Å². The number of nitrogen functional groups attached to an aromatic ring is 1. The molecule has 0 aliphatic heterocycles. The number of carbonyl (C=O) groups excluding carboxylic acids is 1. The number of aryl methyl sites for hydroxylation is 2. The summed E-state index contributed by atoms with van der Waals surface area (Å²) in [4.78, 5) is 11.9. The smallest absolute Gasteiger partial charge is 0.224 e. The van der Waals surface area contributed by atoms with E-state index < -0.39 is 0 Å². The van der Waals surface area contributed by atoms with Crippen LogP contribution >= 0.6 is 0 Å². The summed E-state index contributed by atoms with van der Waals surface area (Å²) in [7, 11) is 0. The van der Waals surface area contributed by atoms with Crippen LogP contribution in [0.2, 0.25) is 0 Å². The zero-order valence-corrected chi connectivity index (χ0v) is 11.7. The zero-order chi connectivity index (χ0) is 14.4. The van der Waals surface area contributed by atoms with Crippen LogP contribution in [-0.4, -0.2) is 5.91 Å². The fourth-order valence-electron chi connectivity index (χ4n) is 2.05. The van der Waals surface area contributed by atoms with Gasteiger partial charge in [0.15, 0.2) is 0 Å². The Morgan fingerprint density at radius 2 is 1.85 bits per heavy atom. The van der Waals surface area contributed by atoms with Gasteiger partial charge in [-0.2, -0.15) is 0 Å². The van der Waals surface area contributed by atoms with Crippen LogP contribution in [0.25, 0.3) is 0 Å². The van der Waals surface area contributed by atoms with Crippen molar-refractivity contribution in [3.63, 3.8) is 0 Å². The molecule has 0 unspecified atom stereocenters. The van der Waals surface area contributed by atoms with Crippen LogP contribution in [0.1, 0.15) is 24.5 Å². The van der Waals surface area contributed by atoms with Crippen LogP contribution in [0.15, 0.2) is 48.5 Å². The highest BCUT2D eigenvalue weighted by Crippen LogP contribution is 2.12. The average Bonchev–Trinajstić information content (AvgIpc) is 2.46. The van der Waals surface area contributed by atoms with Crippen molar-refractivity contribution >= 4 is 17.3 Å². The summed E-state index contributed by atoms with van der Waals surface area (Å²) in [6.45, 7) is 2.11. The second-order valence-corrected chi connectivity index (χ2v) is 4.84. The molecule has 0 atom stereocenters. The summed E-state index contributed by atoms with van der Waals surface area (Å²) in [5.41, 5.74) is 9.65. The Hall–Kier alpha value is -2.29. The fourth-order valence-corrected chi connectivity index (χ4v) is 2.05. The molecule has 1 amide bonds. The van der Waals surface area contributed by atoms with Crippen LogP contribution in [0.3, 0.4) is 0 Å². The summed E-state index contributed by atoms with van der Waals surface area (Å²) >= 11 is 0. The molecule has 3 heteroatoms. The predicted molar refractivity (Wildman–Crippen MR) is 83.6 cm³/mol. The van der Waals surface area contributed by atoms with E-state index in [4.69, 9.17) is 5.73 Å². The van der Waals surface area contributed by atoms with E-state index >= 15 is 0 Å². The number of rotatable bonds is 5. The topological polar surface area (TPSA) is 55.1 Å². The van der Waals surface area contributed by atoms with E-state index in [1.165, 1.54) is 5.56 Å². The Morgan fingerprint density at radius 3 is 2.50 bits per heavy atom. The third kappa shape index (κ3) is 4.12. The van der Waals surface area contributed by atoms with Crippen molar-refractivity contribution in [3.05, 3.63) is 59.7 Å². The minimum Gasteiger partial charge on any atom is -0.399 e. The van der Waals surface area contributed by atoms with Crippen molar-refractivity contribution in [2.45, 2.75) is 26.2 Å². The average molecular weight is 268 g/mol. The van der Waals surface area contributed by atoms with Crippen molar-refractivity contribution in [2.75, 3.05) is 11.1 Å². The fraction of sp³-hybridized carbons (Fsp3) is 0.235. The molecule has 104 valence electrons. The van der Waals surface area contributed by atoms with Gasteiger partial charge in [-0.05, 0) is 48.2 Å². The number of hydrogen-bond acceptors (Lipinski definition) is 2. The summed E-state index contributed by atoms with van der Waals surface area (Å²) in [5, 5.41) is 2.91. The third-order valence-corrected chi connectivity index (χ3v) is 3.24. The second kappa shape index (κ2) is 6.75. The minimum absolute atomic E-state index is 0.0247. The maximum atomic E-state index is 11.9. The Kier molecular flexibility index (Phi) is 4.77. The third-order valence-electron chi connectivity index (χ3n) is 3.24. The lowest BCUT2D eigenvalue weighted by Crippen LogP contribution is -2.12. The summed E-state index contributed by atoms with van der Waals surface area (Å²) in [5.74, 6) is 0.0247. The van der Waals surface area contributed by atoms with Crippen LogP contribution in [0, 0.1) is 0 Å². The van der Waals surface area contributed by atoms with Crippen LogP contribution in [0.4, 0.5) is 11.4 Å². The zero-order valence-electron chi connectivity index (χ0n) is 11.7. The first-order valence-corrected chi connectivity index (χ1v) is 6.90. The van der Waals surface area contributed by atoms with Gasteiger partial charge in [0.25, 0.3) is 0 Å². The Morgan fingerprint density at radius 1 is 1.10 bits per heavy atom. The van der Waals surface area contributed by atoms with Crippen LogP contribution in [-0.2, 0) is 17.6 Å². The largest absolute Gasteiger partial charge is 0.399 e. The normalized spacial score (nSPS) is 10.2. The van der Waals surface area contributed by atoms with E-state index in [0.29, 0.717) is 12.8 Å². The minimum atomic E-state index is 0.0247. The van der Waals surface area contributed by atoms with Crippen molar-refractivity contribution in [1.29, 1.82) is 0 Å². The molecule has 0 fully saturated rings. The molecule has 3 N–H and O–H groups in total. The van der Waals surface area contributed by atoms with Crippen molar-refractivity contribution < 1.29 is 4.79 Å². The van der Waals surface area contributed by atoms with Gasteiger partial charge in [0, 0.05) is 17.8 Å². The highest BCUT2D eigenvalue weighted by Gasteiger charge is 2.03. The molecular weight excluding hydrogens is 248 g/mol. The number of anilines is 2. The molecule has 20 heavy (non-hydrogen) atoms. The molecule has 2 rings (SSSR count). The van der Waals surface area contributed by atoms with Gasteiger partial charge in [-0.15, -0.1) is 0 Å². The van der Waals surface area contributed by atoms with E-state index in [1.807, 2.05) is 48.5 Å². The molecule has 0 aliphatic carbocycles. The maximum absolute atomic E-state index is 11.9. The first-order chi connectivity index (χ1) is 9.67. The van der Waals surface area contributed by atoms with Crippen molar-refractivity contribution in [2.24, 2.45) is 0 Å². The van der Waals surface area contributed by atoms with Gasteiger partial charge in [-0.25, -0.2) is 0 Å². The van der Waals surface area contributed by atoms with Crippen molar-refractivity contribution in [1.82, 2.24) is 0 Å². The number of nitrogens with one attached hydrogen (secondary N) is 1. The Balaban J connectivity index is 1.85. The summed E-state index contributed by atoms with van der Waals surface area (Å²) in [6, 6.07) is 15.6. The standard InChI is InChI=1S/C17H20N2O/c1-2-13-6-9-16(10-7-13)19-17(20)11-8-14-4-3-5-15(18)12-14/h3-7,9-10,12H,2,8,11,18H2,1H3,(H,19,20). The molecule has 0 spiro atoms. The number of hydrogen-bond donors (Lipinski definition) is 2. The van der Waals surface area contributed by atoms with Gasteiger partial charge in [0.05, 0.1) is 0 Å². The molecular formula is C17H20N2O. The predicted octanol–water partition coefficient (Wildman–Crippen LogP) is 3.40. The first-order valence-electron chi connectivity index (χ1n) is 6.90. The summed E-state index contributed by atoms with van der Waals surface area (Å²) < 4.78 is 0. The maximum Gasteiger partial charge on any atom is 0.224 e. The van der Waals surface area contributed by atoms with Gasteiger partial charge < -0.3 is 11.1 Å². The molecule has 2 aromatic rings. The molecule has 0 radical (unpaired) electrons. The first kappa shape index (κ1) is 14.1. The summed E-state index contributed by atoms with van der Waals surface area (Å²) in [6.07, 6.45) is 2.16. The molecule has 0 aliphatic rings. The molecule has 0 saturated carbocycles. The molecule has 0 bridgehead atoms. The Bertz CT molecular complexity index is 576. The van der Waals surface area contributed by atoms with Gasteiger partial charge >= 0.3 is 0 Å². The van der Waals surface area contributed by atoms with E-state index in [0.717, 1.165) is 23.4 Å². The number of amides is 1. The molecule has 0 heterocycles. The highest BCUT2D eigenvalue weighted by atomic mass is 16.1. The number of nitrogens with two attached hydrogens (primary N) is 1. The lowest BCUT2D eigenvalue weighted by Gasteiger charge is -2.06. The number of benzene rings is 2. The van der Waals surface area contributed by atoms with E-state index in [9.17, 15) is 4.79 Å². The molecule has 2 aromatic carbocycles. The van der Waals surface area contributed by atoms with Gasteiger partial charge in [-0.3, -0.25) is 4.79 Å². The Labute approximate surface area is 119 Å². The van der Waals surface area contributed by atoms with E-state index in [-0.39, 0.29) is 5.91 Å². The monoisotopic (exact) mass is 268 g/mol. The van der Waals surface area contributed by atoms with Gasteiger partial charge in [0.1, 0.15) is 0 Å². The lowest BCUT2D eigenvalue weighted by molar-refractivity contribution is -0.116. The molecule has 0 aromatic heterocycles.